The van der Waals surface area contributed by atoms with Crippen LogP contribution in [0.3, 0.4) is 0 Å². The molecule has 0 aliphatic carbocycles. The molecule has 1 aromatic carbocycles. The maximum absolute atomic E-state index is 13.1. The van der Waals surface area contributed by atoms with E-state index in [9.17, 15) is 9.59 Å². The topological polar surface area (TPSA) is 83.5 Å². The fourth-order valence-corrected chi connectivity index (χ4v) is 3.45. The van der Waals surface area contributed by atoms with Gasteiger partial charge in [-0.3, -0.25) is 4.90 Å². The van der Waals surface area contributed by atoms with Crippen LogP contribution in [0, 0.1) is 0 Å². The van der Waals surface area contributed by atoms with Gasteiger partial charge in [0.2, 0.25) is 6.79 Å². The maximum Gasteiger partial charge on any atom is 0.413 e. The fraction of sp³-hybridized carbons (Fsp3) is 0.545. The number of benzene rings is 1. The minimum absolute atomic E-state index is 0.138. The first-order chi connectivity index (χ1) is 14.0. The van der Waals surface area contributed by atoms with Gasteiger partial charge in [-0.2, -0.15) is 0 Å². The highest BCUT2D eigenvalue weighted by Crippen LogP contribution is 2.40. The number of nitrogens with zero attached hydrogens (tertiary/aromatic N) is 1. The van der Waals surface area contributed by atoms with Gasteiger partial charge in [0.05, 0.1) is 19.3 Å². The van der Waals surface area contributed by atoms with Crippen molar-refractivity contribution in [2.24, 2.45) is 0 Å². The summed E-state index contributed by atoms with van der Waals surface area (Å²) in [4.78, 5) is 26.9. The standard InChI is InChI=1S/C22H29NO7/c1-7-26-19(24)11-15(14-8-9-17-18(10-14)28-13-27-17)16-12-29-22(5,6)23(16)20(25)30-21(2,3)4/h8-11,16H,7,12-13H2,1-6H3/b15-11+/t16-/m0/s1. The summed E-state index contributed by atoms with van der Waals surface area (Å²) in [7, 11) is 0. The highest BCUT2D eigenvalue weighted by Gasteiger charge is 2.47. The second kappa shape index (κ2) is 8.18. The minimum Gasteiger partial charge on any atom is -0.463 e. The van der Waals surface area contributed by atoms with Gasteiger partial charge in [-0.05, 0) is 64.8 Å². The quantitative estimate of drug-likeness (QED) is 0.543. The molecule has 0 aromatic heterocycles. The Balaban J connectivity index is 2.03. The zero-order chi connectivity index (χ0) is 22.1. The molecule has 0 N–H and O–H groups in total. The number of esters is 1. The Labute approximate surface area is 176 Å². The van der Waals surface area contributed by atoms with Crippen LogP contribution < -0.4 is 9.47 Å². The van der Waals surface area contributed by atoms with Gasteiger partial charge in [0.1, 0.15) is 11.3 Å². The molecule has 8 nitrogen and oxygen atoms in total. The van der Waals surface area contributed by atoms with Crippen molar-refractivity contribution in [1.29, 1.82) is 0 Å². The first-order valence-electron chi connectivity index (χ1n) is 9.96. The molecule has 1 aromatic rings. The third kappa shape index (κ3) is 4.70. The van der Waals surface area contributed by atoms with Crippen molar-refractivity contribution in [2.45, 2.75) is 58.9 Å². The SMILES string of the molecule is CCOC(=O)/C=C(\c1ccc2c(c1)OCO2)[C@@H]1COC(C)(C)N1C(=O)OC(C)(C)C. The second-order valence-corrected chi connectivity index (χ2v) is 8.54. The zero-order valence-corrected chi connectivity index (χ0v) is 18.3. The van der Waals surface area contributed by atoms with E-state index in [0.29, 0.717) is 22.6 Å². The Hall–Kier alpha value is -2.74. The van der Waals surface area contributed by atoms with Gasteiger partial charge in [0, 0.05) is 6.08 Å². The summed E-state index contributed by atoms with van der Waals surface area (Å²) in [5.74, 6) is 0.699. The molecule has 1 fully saturated rings. The molecule has 164 valence electrons. The van der Waals surface area contributed by atoms with E-state index in [0.717, 1.165) is 0 Å². The summed E-state index contributed by atoms with van der Waals surface area (Å²) in [5.41, 5.74) is -0.323. The van der Waals surface area contributed by atoms with Gasteiger partial charge < -0.3 is 23.7 Å². The Morgan fingerprint density at radius 1 is 1.23 bits per heavy atom. The van der Waals surface area contributed by atoms with Crippen LogP contribution >= 0.6 is 0 Å². The molecular formula is C22H29NO7. The summed E-state index contributed by atoms with van der Waals surface area (Å²) in [6, 6.07) is 4.82. The van der Waals surface area contributed by atoms with Crippen LogP contribution in [0.5, 0.6) is 11.5 Å². The third-order valence-corrected chi connectivity index (χ3v) is 4.70. The molecule has 0 radical (unpaired) electrons. The highest BCUT2D eigenvalue weighted by atomic mass is 16.7. The van der Waals surface area contributed by atoms with Gasteiger partial charge in [0.15, 0.2) is 11.5 Å². The Morgan fingerprint density at radius 3 is 2.60 bits per heavy atom. The number of hydrogen-bond donors (Lipinski definition) is 0. The van der Waals surface area contributed by atoms with Crippen LogP contribution in [-0.2, 0) is 19.0 Å². The zero-order valence-electron chi connectivity index (χ0n) is 18.3. The van der Waals surface area contributed by atoms with E-state index in [-0.39, 0.29) is 20.0 Å². The summed E-state index contributed by atoms with van der Waals surface area (Å²) in [6.07, 6.45) is 0.874. The molecule has 0 bridgehead atoms. The molecule has 0 saturated carbocycles. The van der Waals surface area contributed by atoms with Crippen molar-refractivity contribution < 1.29 is 33.3 Å². The lowest BCUT2D eigenvalue weighted by molar-refractivity contribution is -0.137. The number of rotatable bonds is 4. The lowest BCUT2D eigenvalue weighted by atomic mass is 9.96. The molecule has 1 amide bonds. The van der Waals surface area contributed by atoms with Gasteiger partial charge in [-0.15, -0.1) is 0 Å². The molecule has 3 rings (SSSR count). The van der Waals surface area contributed by atoms with Crippen LogP contribution in [0.4, 0.5) is 4.79 Å². The molecule has 2 aliphatic heterocycles. The lowest BCUT2D eigenvalue weighted by Gasteiger charge is -2.35. The number of ether oxygens (including phenoxy) is 5. The molecular weight excluding hydrogens is 390 g/mol. The van der Waals surface area contributed by atoms with Gasteiger partial charge in [0.25, 0.3) is 0 Å². The minimum atomic E-state index is -0.920. The van der Waals surface area contributed by atoms with E-state index in [1.807, 2.05) is 6.07 Å². The average Bonchev–Trinajstić information content (AvgIpc) is 3.21. The van der Waals surface area contributed by atoms with Crippen LogP contribution in [0.25, 0.3) is 5.57 Å². The predicted octanol–water partition coefficient (Wildman–Crippen LogP) is 3.73. The van der Waals surface area contributed by atoms with Crippen molar-refractivity contribution in [3.8, 4) is 11.5 Å². The van der Waals surface area contributed by atoms with Gasteiger partial charge >= 0.3 is 12.1 Å². The largest absolute Gasteiger partial charge is 0.463 e. The van der Waals surface area contributed by atoms with Crippen molar-refractivity contribution >= 4 is 17.6 Å². The average molecular weight is 419 g/mol. The molecule has 2 heterocycles. The highest BCUT2D eigenvalue weighted by molar-refractivity contribution is 5.94. The second-order valence-electron chi connectivity index (χ2n) is 8.54. The molecule has 0 unspecified atom stereocenters. The molecule has 1 saturated heterocycles. The van der Waals surface area contributed by atoms with Crippen LogP contribution in [-0.4, -0.2) is 54.3 Å². The summed E-state index contributed by atoms with van der Waals surface area (Å²) in [5, 5.41) is 0. The Morgan fingerprint density at radius 2 is 1.93 bits per heavy atom. The van der Waals surface area contributed by atoms with E-state index in [1.54, 1.807) is 53.7 Å². The van der Waals surface area contributed by atoms with Crippen LogP contribution in [0.15, 0.2) is 24.3 Å². The molecule has 8 heteroatoms. The molecule has 2 aliphatic rings. The molecule has 1 atom stereocenters. The summed E-state index contributed by atoms with van der Waals surface area (Å²) >= 11 is 0. The molecule has 30 heavy (non-hydrogen) atoms. The summed E-state index contributed by atoms with van der Waals surface area (Å²) in [6.45, 7) is 11.3. The smallest absolute Gasteiger partial charge is 0.413 e. The number of fused-ring (bicyclic) bond motifs is 1. The van der Waals surface area contributed by atoms with Gasteiger partial charge in [-0.1, -0.05) is 6.07 Å². The van der Waals surface area contributed by atoms with E-state index < -0.39 is 29.4 Å². The Bertz CT molecular complexity index is 854. The lowest BCUT2D eigenvalue weighted by Crippen LogP contribution is -2.50. The number of amides is 1. The number of carbonyl (C=O) groups excluding carboxylic acids is 2. The van der Waals surface area contributed by atoms with E-state index in [1.165, 1.54) is 11.0 Å². The van der Waals surface area contributed by atoms with Crippen LogP contribution in [0.1, 0.15) is 47.1 Å². The van der Waals surface area contributed by atoms with Crippen molar-refractivity contribution in [2.75, 3.05) is 20.0 Å². The molecule has 0 spiro atoms. The normalized spacial score (nSPS) is 20.3. The number of carbonyl (C=O) groups is 2. The van der Waals surface area contributed by atoms with Gasteiger partial charge in [-0.25, -0.2) is 9.59 Å². The Kier molecular flexibility index (Phi) is 5.99. The monoisotopic (exact) mass is 419 g/mol. The van der Waals surface area contributed by atoms with Crippen molar-refractivity contribution in [3.63, 3.8) is 0 Å². The first kappa shape index (κ1) is 22.0. The maximum atomic E-state index is 13.1. The predicted molar refractivity (Wildman–Crippen MR) is 109 cm³/mol. The van der Waals surface area contributed by atoms with E-state index in [4.69, 9.17) is 23.7 Å². The third-order valence-electron chi connectivity index (χ3n) is 4.70. The van der Waals surface area contributed by atoms with E-state index >= 15 is 0 Å². The number of hydrogen-bond acceptors (Lipinski definition) is 7. The van der Waals surface area contributed by atoms with E-state index in [2.05, 4.69) is 0 Å². The first-order valence-corrected chi connectivity index (χ1v) is 9.96. The van der Waals surface area contributed by atoms with Crippen molar-refractivity contribution in [3.05, 3.63) is 29.8 Å². The van der Waals surface area contributed by atoms with Crippen molar-refractivity contribution in [1.82, 2.24) is 4.90 Å². The fourth-order valence-electron chi connectivity index (χ4n) is 3.45. The van der Waals surface area contributed by atoms with Crippen LogP contribution in [0.2, 0.25) is 0 Å². The summed E-state index contributed by atoms with van der Waals surface area (Å²) < 4.78 is 27.5.